The molecule has 0 spiro atoms. The lowest BCUT2D eigenvalue weighted by Crippen LogP contribution is -2.36. The topological polar surface area (TPSA) is 18.5 Å². The minimum absolute atomic E-state index is 0.107. The van der Waals surface area contributed by atoms with Gasteiger partial charge in [0.1, 0.15) is 17.8 Å². The fourth-order valence-corrected chi connectivity index (χ4v) is 3.20. The summed E-state index contributed by atoms with van der Waals surface area (Å²) in [6.07, 6.45) is 5.69. The molecule has 4 rings (SSSR count). The average molecular weight is 311 g/mol. The van der Waals surface area contributed by atoms with E-state index in [4.69, 9.17) is 0 Å². The van der Waals surface area contributed by atoms with Crippen molar-refractivity contribution in [2.45, 2.75) is 6.17 Å². The first-order valence-corrected chi connectivity index (χ1v) is 7.37. The Morgan fingerprint density at radius 3 is 2.39 bits per heavy atom. The summed E-state index contributed by atoms with van der Waals surface area (Å²) in [5.41, 5.74) is 3.67. The van der Waals surface area contributed by atoms with Gasteiger partial charge in [0.15, 0.2) is 0 Å². The molecular formula is C18H15F2N3. The van der Waals surface area contributed by atoms with Crippen LogP contribution >= 0.6 is 0 Å². The van der Waals surface area contributed by atoms with E-state index < -0.39 is 0 Å². The highest BCUT2D eigenvalue weighted by molar-refractivity contribution is 5.92. The lowest BCUT2D eigenvalue weighted by atomic mass is 10.1. The molecule has 2 aliphatic heterocycles. The maximum Gasteiger partial charge on any atom is 0.138 e. The number of nitrogens with one attached hydrogen (secondary N) is 1. The van der Waals surface area contributed by atoms with Crippen LogP contribution in [-0.4, -0.2) is 13.2 Å². The number of hydrogen-bond acceptors (Lipinski definition) is 3. The van der Waals surface area contributed by atoms with Crippen LogP contribution in [0.3, 0.4) is 0 Å². The molecule has 0 radical (unpaired) electrons. The summed E-state index contributed by atoms with van der Waals surface area (Å²) in [6.45, 7) is 0. The molecule has 3 nitrogen and oxygen atoms in total. The van der Waals surface area contributed by atoms with E-state index in [1.54, 1.807) is 24.3 Å². The van der Waals surface area contributed by atoms with Crippen LogP contribution in [0.15, 0.2) is 61.1 Å². The second kappa shape index (κ2) is 5.12. The molecular weight excluding hydrogens is 296 g/mol. The van der Waals surface area contributed by atoms with E-state index in [-0.39, 0.29) is 17.8 Å². The van der Waals surface area contributed by atoms with Gasteiger partial charge in [0.05, 0.1) is 5.69 Å². The molecule has 23 heavy (non-hydrogen) atoms. The summed E-state index contributed by atoms with van der Waals surface area (Å²) >= 11 is 0. The third kappa shape index (κ3) is 2.08. The molecule has 1 N–H and O–H groups in total. The van der Waals surface area contributed by atoms with Crippen molar-refractivity contribution in [2.24, 2.45) is 0 Å². The number of benzene rings is 2. The van der Waals surface area contributed by atoms with E-state index in [1.165, 1.54) is 18.2 Å². The normalized spacial score (nSPS) is 20.1. The molecule has 0 aromatic heterocycles. The maximum absolute atomic E-state index is 13.7. The summed E-state index contributed by atoms with van der Waals surface area (Å²) in [5.74, 6) is -0.527. The van der Waals surface area contributed by atoms with E-state index in [0.717, 1.165) is 22.5 Å². The van der Waals surface area contributed by atoms with Crippen molar-refractivity contribution in [3.8, 4) is 0 Å². The first-order chi connectivity index (χ1) is 11.2. The minimum Gasteiger partial charge on any atom is -0.394 e. The van der Waals surface area contributed by atoms with Crippen molar-refractivity contribution in [3.05, 3.63) is 78.3 Å². The lowest BCUT2D eigenvalue weighted by molar-refractivity contribution is 0.627. The molecule has 0 saturated heterocycles. The molecule has 1 unspecified atom stereocenters. The van der Waals surface area contributed by atoms with Crippen LogP contribution < -0.4 is 15.1 Å². The average Bonchev–Trinajstić information content (AvgIpc) is 3.08. The van der Waals surface area contributed by atoms with Crippen LogP contribution in [0.5, 0.6) is 0 Å². The third-order valence-corrected chi connectivity index (χ3v) is 4.17. The summed E-state index contributed by atoms with van der Waals surface area (Å²) in [7, 11) is 1.82. The summed E-state index contributed by atoms with van der Waals surface area (Å²) in [5, 5.41) is 3.04. The molecule has 2 aromatic rings. The van der Waals surface area contributed by atoms with E-state index in [2.05, 4.69) is 10.2 Å². The van der Waals surface area contributed by atoms with Gasteiger partial charge >= 0.3 is 0 Å². The molecule has 2 heterocycles. The van der Waals surface area contributed by atoms with E-state index in [1.807, 2.05) is 30.5 Å². The van der Waals surface area contributed by atoms with Gasteiger partial charge in [-0.05, 0) is 42.5 Å². The summed E-state index contributed by atoms with van der Waals surface area (Å²) < 4.78 is 26.9. The van der Waals surface area contributed by atoms with Gasteiger partial charge in [0, 0.05) is 42.5 Å². The van der Waals surface area contributed by atoms with Gasteiger partial charge in [0.2, 0.25) is 0 Å². The highest BCUT2D eigenvalue weighted by Gasteiger charge is 2.39. The van der Waals surface area contributed by atoms with Gasteiger partial charge in [-0.25, -0.2) is 8.78 Å². The van der Waals surface area contributed by atoms with Gasteiger partial charge in [-0.3, -0.25) is 0 Å². The van der Waals surface area contributed by atoms with Crippen LogP contribution in [0.25, 0.3) is 5.57 Å². The van der Waals surface area contributed by atoms with E-state index >= 15 is 0 Å². The zero-order valence-corrected chi connectivity index (χ0v) is 12.5. The molecule has 2 aromatic carbocycles. The molecule has 0 amide bonds. The highest BCUT2D eigenvalue weighted by atomic mass is 19.1. The number of fused-ring (bicyclic) bond motifs is 3. The molecule has 0 saturated carbocycles. The standard InChI is InChI=1S/C18H15F2N3/c1-21-11-16-15-10-13(20)4-7-17(15)23-9-8-22(18(16)23)14-5-2-12(19)3-6-14/h2-11,18,21H,1H3/b16-11+. The second-order valence-corrected chi connectivity index (χ2v) is 5.51. The Hall–Kier alpha value is -2.82. The molecule has 5 heteroatoms. The van der Waals surface area contributed by atoms with Crippen LogP contribution in [0.1, 0.15) is 5.56 Å². The largest absolute Gasteiger partial charge is 0.394 e. The molecule has 0 fully saturated rings. The van der Waals surface area contributed by atoms with Crippen molar-refractivity contribution >= 4 is 16.9 Å². The highest BCUT2D eigenvalue weighted by Crippen LogP contribution is 2.45. The quantitative estimate of drug-likeness (QED) is 0.913. The van der Waals surface area contributed by atoms with Crippen LogP contribution in [0, 0.1) is 11.6 Å². The van der Waals surface area contributed by atoms with Gasteiger partial charge in [-0.15, -0.1) is 0 Å². The second-order valence-electron chi connectivity index (χ2n) is 5.51. The molecule has 2 aliphatic rings. The molecule has 1 atom stereocenters. The third-order valence-electron chi connectivity index (χ3n) is 4.17. The molecule has 0 aliphatic carbocycles. The van der Waals surface area contributed by atoms with Crippen LogP contribution in [-0.2, 0) is 0 Å². The predicted molar refractivity (Wildman–Crippen MR) is 87.7 cm³/mol. The SMILES string of the molecule is CN/C=C1\c2cc(F)ccc2N2C=CN(c3ccc(F)cc3)C12. The van der Waals surface area contributed by atoms with E-state index in [0.29, 0.717) is 0 Å². The van der Waals surface area contributed by atoms with Gasteiger partial charge in [-0.1, -0.05) is 0 Å². The Labute approximate surface area is 133 Å². The Morgan fingerprint density at radius 2 is 1.65 bits per heavy atom. The Balaban J connectivity index is 1.81. The fourth-order valence-electron chi connectivity index (χ4n) is 3.20. The number of nitrogens with zero attached hydrogens (tertiary/aromatic N) is 2. The van der Waals surface area contributed by atoms with Gasteiger partial charge in [-0.2, -0.15) is 0 Å². The smallest absolute Gasteiger partial charge is 0.138 e. The van der Waals surface area contributed by atoms with Crippen LogP contribution in [0.2, 0.25) is 0 Å². The lowest BCUT2D eigenvalue weighted by Gasteiger charge is -2.28. The maximum atomic E-state index is 13.7. The number of anilines is 2. The monoisotopic (exact) mass is 311 g/mol. The zero-order chi connectivity index (χ0) is 16.0. The first kappa shape index (κ1) is 13.8. The van der Waals surface area contributed by atoms with Crippen molar-refractivity contribution < 1.29 is 8.78 Å². The van der Waals surface area contributed by atoms with Crippen molar-refractivity contribution in [2.75, 3.05) is 16.8 Å². The summed E-state index contributed by atoms with van der Waals surface area (Å²) in [6, 6.07) is 11.2. The Morgan fingerprint density at radius 1 is 0.957 bits per heavy atom. The number of halogens is 2. The van der Waals surface area contributed by atoms with Crippen LogP contribution in [0.4, 0.5) is 20.2 Å². The molecule has 116 valence electrons. The molecule has 0 bridgehead atoms. The van der Waals surface area contributed by atoms with E-state index in [9.17, 15) is 8.78 Å². The van der Waals surface area contributed by atoms with Gasteiger partial charge < -0.3 is 15.1 Å². The first-order valence-electron chi connectivity index (χ1n) is 7.37. The Kier molecular flexibility index (Phi) is 3.08. The van der Waals surface area contributed by atoms with Crippen molar-refractivity contribution in [1.82, 2.24) is 5.32 Å². The van der Waals surface area contributed by atoms with Crippen molar-refractivity contribution in [1.29, 1.82) is 0 Å². The predicted octanol–water partition coefficient (Wildman–Crippen LogP) is 3.66. The number of hydrogen-bond donors (Lipinski definition) is 1. The Bertz CT molecular complexity index is 812. The number of rotatable bonds is 2. The fraction of sp³-hybridized carbons (Fsp3) is 0.111. The van der Waals surface area contributed by atoms with Crippen molar-refractivity contribution in [3.63, 3.8) is 0 Å². The minimum atomic E-state index is -0.267. The summed E-state index contributed by atoms with van der Waals surface area (Å²) in [4.78, 5) is 4.13. The zero-order valence-electron chi connectivity index (χ0n) is 12.5. The van der Waals surface area contributed by atoms with Gasteiger partial charge in [0.25, 0.3) is 0 Å².